The van der Waals surface area contributed by atoms with E-state index in [0.29, 0.717) is 5.02 Å². The molecule has 0 saturated carbocycles. The molecule has 0 aliphatic carbocycles. The van der Waals surface area contributed by atoms with Gasteiger partial charge in [0.1, 0.15) is 0 Å². The van der Waals surface area contributed by atoms with Crippen molar-refractivity contribution >= 4 is 22.4 Å². The molecule has 0 atom stereocenters. The molecule has 0 amide bonds. The van der Waals surface area contributed by atoms with Gasteiger partial charge >= 0.3 is 0 Å². The second-order valence-corrected chi connectivity index (χ2v) is 3.36. The van der Waals surface area contributed by atoms with E-state index >= 15 is 0 Å². The van der Waals surface area contributed by atoms with Crippen molar-refractivity contribution in [2.24, 2.45) is 0 Å². The van der Waals surface area contributed by atoms with Gasteiger partial charge < -0.3 is 5.11 Å². The Morgan fingerprint density at radius 1 is 1.38 bits per heavy atom. The molecule has 0 aliphatic rings. The van der Waals surface area contributed by atoms with Crippen molar-refractivity contribution in [2.45, 2.75) is 6.92 Å². The Morgan fingerprint density at radius 2 is 2.15 bits per heavy atom. The molecule has 0 unspecified atom stereocenters. The number of hydrogen-bond donors (Lipinski definition) is 1. The number of fused-ring (bicyclic) bond motifs is 1. The summed E-state index contributed by atoms with van der Waals surface area (Å²) < 4.78 is 0. The molecule has 1 aromatic heterocycles. The number of hydrogen-bond acceptors (Lipinski definition) is 2. The number of aromatic nitrogens is 1. The Morgan fingerprint density at radius 3 is 2.92 bits per heavy atom. The van der Waals surface area contributed by atoms with Crippen LogP contribution in [-0.4, -0.2) is 10.1 Å². The molecule has 0 spiro atoms. The zero-order valence-electron chi connectivity index (χ0n) is 7.08. The van der Waals surface area contributed by atoms with Crippen molar-refractivity contribution < 1.29 is 5.11 Å². The highest BCUT2D eigenvalue weighted by Crippen LogP contribution is 2.27. The molecule has 1 heterocycles. The van der Waals surface area contributed by atoms with Gasteiger partial charge in [-0.3, -0.25) is 0 Å². The van der Waals surface area contributed by atoms with Gasteiger partial charge in [-0.1, -0.05) is 11.6 Å². The smallest absolute Gasteiger partial charge is 0.218 e. The fraction of sp³-hybridized carbons (Fsp3) is 0.100. The molecule has 2 aromatic rings. The normalized spacial score (nSPS) is 10.6. The van der Waals surface area contributed by atoms with Crippen molar-refractivity contribution in [1.82, 2.24) is 4.98 Å². The zero-order valence-corrected chi connectivity index (χ0v) is 7.84. The third-order valence-electron chi connectivity index (χ3n) is 2.02. The number of aromatic hydroxyl groups is 1. The van der Waals surface area contributed by atoms with Gasteiger partial charge in [-0.15, -0.1) is 0 Å². The Hall–Kier alpha value is -1.28. The number of nitrogens with zero attached hydrogens (tertiary/aromatic N) is 1. The van der Waals surface area contributed by atoms with Crippen LogP contribution < -0.4 is 0 Å². The van der Waals surface area contributed by atoms with E-state index in [1.165, 1.54) is 0 Å². The van der Waals surface area contributed by atoms with Crippen LogP contribution in [-0.2, 0) is 0 Å². The first-order chi connectivity index (χ1) is 6.18. The second kappa shape index (κ2) is 2.89. The first-order valence-electron chi connectivity index (χ1n) is 3.92. The van der Waals surface area contributed by atoms with E-state index in [1.807, 2.05) is 25.1 Å². The summed E-state index contributed by atoms with van der Waals surface area (Å²) in [4.78, 5) is 3.79. The van der Waals surface area contributed by atoms with Gasteiger partial charge in [-0.25, -0.2) is 4.98 Å². The van der Waals surface area contributed by atoms with Gasteiger partial charge in [0.05, 0.1) is 0 Å². The van der Waals surface area contributed by atoms with Crippen molar-refractivity contribution in [3.8, 4) is 5.88 Å². The van der Waals surface area contributed by atoms with Crippen LogP contribution in [0.4, 0.5) is 0 Å². The summed E-state index contributed by atoms with van der Waals surface area (Å²) in [6, 6.07) is 5.48. The van der Waals surface area contributed by atoms with E-state index in [4.69, 9.17) is 11.6 Å². The van der Waals surface area contributed by atoms with Crippen LogP contribution in [0.1, 0.15) is 5.56 Å². The van der Waals surface area contributed by atoms with Crippen LogP contribution in [0.5, 0.6) is 5.88 Å². The molecule has 66 valence electrons. The molecule has 0 fully saturated rings. The van der Waals surface area contributed by atoms with Gasteiger partial charge in [-0.2, -0.15) is 0 Å². The maximum absolute atomic E-state index is 9.43. The number of rotatable bonds is 0. The maximum Gasteiger partial charge on any atom is 0.218 e. The highest BCUT2D eigenvalue weighted by molar-refractivity contribution is 6.32. The molecular weight excluding hydrogens is 186 g/mol. The molecule has 1 N–H and O–H groups in total. The van der Waals surface area contributed by atoms with E-state index in [2.05, 4.69) is 4.98 Å². The van der Waals surface area contributed by atoms with E-state index in [-0.39, 0.29) is 5.88 Å². The third kappa shape index (κ3) is 1.33. The molecular formula is C10H8ClNO. The van der Waals surface area contributed by atoms with Gasteiger partial charge in [0.2, 0.25) is 5.88 Å². The van der Waals surface area contributed by atoms with Crippen molar-refractivity contribution in [2.75, 3.05) is 0 Å². The molecule has 2 rings (SSSR count). The number of aryl methyl sites for hydroxylation is 1. The summed E-state index contributed by atoms with van der Waals surface area (Å²) in [7, 11) is 0. The van der Waals surface area contributed by atoms with Crippen LogP contribution in [0.2, 0.25) is 5.02 Å². The fourth-order valence-corrected chi connectivity index (χ4v) is 1.46. The lowest BCUT2D eigenvalue weighted by molar-refractivity contribution is 0.460. The van der Waals surface area contributed by atoms with E-state index < -0.39 is 0 Å². The lowest BCUT2D eigenvalue weighted by Crippen LogP contribution is -1.81. The summed E-state index contributed by atoms with van der Waals surface area (Å²) in [5.41, 5.74) is 0.942. The summed E-state index contributed by atoms with van der Waals surface area (Å²) in [6.45, 7) is 1.90. The molecule has 0 aliphatic heterocycles. The Bertz CT molecular complexity index is 468. The quantitative estimate of drug-likeness (QED) is 0.698. The number of halogens is 1. The maximum atomic E-state index is 9.43. The summed E-state index contributed by atoms with van der Waals surface area (Å²) >= 11 is 5.94. The topological polar surface area (TPSA) is 33.1 Å². The number of benzene rings is 1. The van der Waals surface area contributed by atoms with Crippen LogP contribution in [0, 0.1) is 6.92 Å². The predicted octanol–water partition coefficient (Wildman–Crippen LogP) is 2.90. The molecule has 3 heteroatoms. The Kier molecular flexibility index (Phi) is 1.85. The minimum atomic E-state index is 0.0530. The zero-order chi connectivity index (χ0) is 9.42. The highest BCUT2D eigenvalue weighted by Gasteiger charge is 2.03. The van der Waals surface area contributed by atoms with Crippen molar-refractivity contribution in [3.05, 3.63) is 35.0 Å². The minimum absolute atomic E-state index is 0.0530. The first-order valence-corrected chi connectivity index (χ1v) is 4.30. The standard InChI is InChI=1S/C10H8ClNO/c1-6-4-8-7(5-9(6)11)2-3-12-10(8)13/h2-5H,1H3,(H,12,13). The average molecular weight is 194 g/mol. The molecule has 0 saturated heterocycles. The summed E-state index contributed by atoms with van der Waals surface area (Å²) in [5, 5.41) is 11.8. The third-order valence-corrected chi connectivity index (χ3v) is 2.43. The molecule has 13 heavy (non-hydrogen) atoms. The summed E-state index contributed by atoms with van der Waals surface area (Å²) in [6.07, 6.45) is 1.56. The van der Waals surface area contributed by atoms with Crippen LogP contribution >= 0.6 is 11.6 Å². The molecule has 0 bridgehead atoms. The second-order valence-electron chi connectivity index (χ2n) is 2.96. The molecule has 2 nitrogen and oxygen atoms in total. The van der Waals surface area contributed by atoms with Crippen LogP contribution in [0.15, 0.2) is 24.4 Å². The lowest BCUT2D eigenvalue weighted by Gasteiger charge is -2.02. The highest BCUT2D eigenvalue weighted by atomic mass is 35.5. The van der Waals surface area contributed by atoms with Gasteiger partial charge in [0.15, 0.2) is 0 Å². The van der Waals surface area contributed by atoms with Crippen LogP contribution in [0.3, 0.4) is 0 Å². The first kappa shape index (κ1) is 8.32. The van der Waals surface area contributed by atoms with Gasteiger partial charge in [0.25, 0.3) is 0 Å². The Labute approximate surface area is 80.8 Å². The van der Waals surface area contributed by atoms with E-state index in [0.717, 1.165) is 16.3 Å². The monoisotopic (exact) mass is 193 g/mol. The van der Waals surface area contributed by atoms with E-state index in [9.17, 15) is 5.11 Å². The van der Waals surface area contributed by atoms with Gasteiger partial charge in [0, 0.05) is 16.6 Å². The summed E-state index contributed by atoms with van der Waals surface area (Å²) in [5.74, 6) is 0.0530. The average Bonchev–Trinajstić information content (AvgIpc) is 2.09. The minimum Gasteiger partial charge on any atom is -0.493 e. The molecule has 1 aromatic carbocycles. The van der Waals surface area contributed by atoms with Gasteiger partial charge in [-0.05, 0) is 36.1 Å². The fourth-order valence-electron chi connectivity index (χ4n) is 1.29. The SMILES string of the molecule is Cc1cc2c(O)nccc2cc1Cl. The van der Waals surface area contributed by atoms with Crippen molar-refractivity contribution in [3.63, 3.8) is 0 Å². The van der Waals surface area contributed by atoms with Crippen molar-refractivity contribution in [1.29, 1.82) is 0 Å². The lowest BCUT2D eigenvalue weighted by atomic mass is 10.1. The molecule has 0 radical (unpaired) electrons. The Balaban J connectivity index is 2.89. The number of pyridine rings is 1. The van der Waals surface area contributed by atoms with E-state index in [1.54, 1.807) is 6.20 Å². The van der Waals surface area contributed by atoms with Crippen LogP contribution in [0.25, 0.3) is 10.8 Å². The predicted molar refractivity (Wildman–Crippen MR) is 53.2 cm³/mol. The largest absolute Gasteiger partial charge is 0.493 e.